The quantitative estimate of drug-likeness (QED) is 0.189. The average molecular weight is 609 g/mol. The molecule has 0 saturated carbocycles. The van der Waals surface area contributed by atoms with E-state index in [-0.39, 0.29) is 49.9 Å². The Bertz CT molecular complexity index is 1250. The molecule has 234 valence electrons. The Morgan fingerprint density at radius 1 is 1.21 bits per heavy atom. The maximum absolute atomic E-state index is 14.4. The summed E-state index contributed by atoms with van der Waals surface area (Å²) in [5, 5.41) is 0.873. The van der Waals surface area contributed by atoms with Gasteiger partial charge in [-0.2, -0.15) is 0 Å². The molecule has 12 heteroatoms. The van der Waals surface area contributed by atoms with Crippen molar-refractivity contribution in [1.82, 2.24) is 4.90 Å². The lowest BCUT2D eigenvalue weighted by molar-refractivity contribution is -0.354. The van der Waals surface area contributed by atoms with E-state index in [0.717, 1.165) is 12.8 Å². The number of carbonyl (C=O) groups is 3. The molecular weight excluding hydrogens is 563 g/mol. The monoisotopic (exact) mass is 608 g/mol. The minimum atomic E-state index is -3.70. The number of benzene rings is 1. The molecule has 0 amide bonds. The van der Waals surface area contributed by atoms with Crippen molar-refractivity contribution in [3.8, 4) is 0 Å². The maximum atomic E-state index is 14.4. The fourth-order valence-corrected chi connectivity index (χ4v) is 8.85. The summed E-state index contributed by atoms with van der Waals surface area (Å²) < 4.78 is 43.7. The molecule has 5 rings (SSSR count). The molecule has 1 aromatic rings. The molecule has 0 spiro atoms. The van der Waals surface area contributed by atoms with Crippen molar-refractivity contribution >= 4 is 35.7 Å². The van der Waals surface area contributed by atoms with Crippen LogP contribution in [0.25, 0.3) is 0 Å². The zero-order chi connectivity index (χ0) is 31.0. The van der Waals surface area contributed by atoms with Gasteiger partial charge in [-0.05, 0) is 51.7 Å². The third-order valence-electron chi connectivity index (χ3n) is 8.41. The van der Waals surface area contributed by atoms with E-state index in [1.165, 1.54) is 7.11 Å². The Balaban J connectivity index is 1.65. The molecule has 6 unspecified atom stereocenters. The summed E-state index contributed by atoms with van der Waals surface area (Å²) in [6, 6.07) is 4.30. The van der Waals surface area contributed by atoms with Gasteiger partial charge >= 0.3 is 17.9 Å². The number of carbonyl (C=O) groups excluding carboxylic acids is 3. The van der Waals surface area contributed by atoms with Gasteiger partial charge in [0.25, 0.3) is 7.37 Å². The van der Waals surface area contributed by atoms with Crippen molar-refractivity contribution in [3.05, 3.63) is 23.8 Å². The van der Waals surface area contributed by atoms with Crippen molar-refractivity contribution in [2.45, 2.75) is 96.9 Å². The molecule has 11 nitrogen and oxygen atoms in total. The molecule has 7 atom stereocenters. The molecule has 3 fully saturated rings. The van der Waals surface area contributed by atoms with Crippen molar-refractivity contribution in [2.75, 3.05) is 26.9 Å². The molecule has 0 radical (unpaired) electrons. The largest absolute Gasteiger partial charge is 0.462 e. The first-order valence-electron chi connectivity index (χ1n) is 14.8. The second-order valence-corrected chi connectivity index (χ2v) is 14.4. The van der Waals surface area contributed by atoms with E-state index in [4.69, 9.17) is 29.2 Å². The number of Topliss-reactive ketones (excluding diaryl/α,β-unsaturated/α-hetero) is 1. The van der Waals surface area contributed by atoms with Gasteiger partial charge in [0.05, 0.1) is 29.9 Å². The summed E-state index contributed by atoms with van der Waals surface area (Å²) in [4.78, 5) is 40.9. The molecule has 3 saturated heterocycles. The predicted molar refractivity (Wildman–Crippen MR) is 156 cm³/mol. The Morgan fingerprint density at radius 2 is 1.93 bits per heavy atom. The molecule has 0 aromatic heterocycles. The van der Waals surface area contributed by atoms with Gasteiger partial charge in [-0.25, -0.2) is 0 Å². The summed E-state index contributed by atoms with van der Waals surface area (Å²) >= 11 is 0. The van der Waals surface area contributed by atoms with Crippen LogP contribution in [0.2, 0.25) is 0 Å². The lowest BCUT2D eigenvalue weighted by Gasteiger charge is -2.56. The summed E-state index contributed by atoms with van der Waals surface area (Å²) in [7, 11) is -2.16. The SMILES string of the molecule is CCC(=O)O[C@](OCC1(COC)C(=O)C2CCN1C(C)C2)(OP1(=O)c2cccc(CC(N)C(=O)OC(C)C)c21)C(C)C. The summed E-state index contributed by atoms with van der Waals surface area (Å²) in [6.45, 7) is 11.3. The number of piperidine rings is 3. The summed E-state index contributed by atoms with van der Waals surface area (Å²) in [6.07, 6.45) is 1.33. The number of hydrogen-bond donors (Lipinski definition) is 1. The van der Waals surface area contributed by atoms with E-state index in [0.29, 0.717) is 22.7 Å². The number of esters is 2. The molecule has 42 heavy (non-hydrogen) atoms. The minimum Gasteiger partial charge on any atom is -0.462 e. The number of ether oxygens (including phenoxy) is 4. The summed E-state index contributed by atoms with van der Waals surface area (Å²) in [5.41, 5.74) is 5.60. The second kappa shape index (κ2) is 12.5. The Labute approximate surface area is 248 Å². The second-order valence-electron chi connectivity index (χ2n) is 12.2. The number of nitrogens with zero attached hydrogens (tertiary/aromatic N) is 1. The Hall–Kier alpha value is -2.14. The normalized spacial score (nSPS) is 30.1. The van der Waals surface area contributed by atoms with E-state index >= 15 is 0 Å². The van der Waals surface area contributed by atoms with Crippen LogP contribution < -0.4 is 16.3 Å². The standard InChI is InChI=1S/C30H45N2O9P/c1-8-25(33)40-30(18(2)3,38-17-29(16-37-7)27(34)22-12-13-32(29)20(6)14-22)41-42(36)24-11-9-10-21(26(24)42)15-23(31)28(35)39-19(4)5/h9-11,18-20,22-23H,8,12-17,31H2,1-7H3/t20?,22?,23?,29?,30-,42?/m0/s1. The van der Waals surface area contributed by atoms with Gasteiger partial charge in [-0.1, -0.05) is 32.9 Å². The highest BCUT2D eigenvalue weighted by molar-refractivity contribution is 7.85. The lowest BCUT2D eigenvalue weighted by Crippen LogP contribution is -2.72. The first kappa shape index (κ1) is 32.8. The van der Waals surface area contributed by atoms with Gasteiger partial charge in [-0.15, -0.1) is 0 Å². The molecule has 2 bridgehead atoms. The van der Waals surface area contributed by atoms with Gasteiger partial charge < -0.3 is 24.7 Å². The van der Waals surface area contributed by atoms with Crippen LogP contribution >= 0.6 is 7.37 Å². The topological polar surface area (TPSA) is 144 Å². The highest BCUT2D eigenvalue weighted by Gasteiger charge is 2.61. The molecule has 4 aliphatic rings. The van der Waals surface area contributed by atoms with Crippen LogP contribution in [0.3, 0.4) is 0 Å². The van der Waals surface area contributed by atoms with Crippen LogP contribution in [0, 0.1) is 11.8 Å². The number of fused-ring (bicyclic) bond motifs is 4. The lowest BCUT2D eigenvalue weighted by atomic mass is 9.71. The molecule has 4 heterocycles. The van der Waals surface area contributed by atoms with E-state index in [9.17, 15) is 18.9 Å². The van der Waals surface area contributed by atoms with E-state index in [1.807, 2.05) is 0 Å². The Kier molecular flexibility index (Phi) is 9.72. The molecule has 2 N–H and O–H groups in total. The third kappa shape index (κ3) is 5.97. The van der Waals surface area contributed by atoms with Crippen LogP contribution in [0.4, 0.5) is 0 Å². The average Bonchev–Trinajstić information content (AvgIpc) is 3.53. The minimum absolute atomic E-state index is 0.0269. The zero-order valence-electron chi connectivity index (χ0n) is 25.7. The number of methoxy groups -OCH3 is 1. The van der Waals surface area contributed by atoms with E-state index < -0.39 is 42.8 Å². The highest BCUT2D eigenvalue weighted by atomic mass is 31.2. The highest BCUT2D eigenvalue weighted by Crippen LogP contribution is 2.61. The van der Waals surface area contributed by atoms with Crippen LogP contribution in [-0.2, 0) is 48.8 Å². The number of ketones is 1. The number of rotatable bonds is 14. The third-order valence-corrected chi connectivity index (χ3v) is 10.8. The van der Waals surface area contributed by atoms with E-state index in [2.05, 4.69) is 11.8 Å². The maximum Gasteiger partial charge on any atom is 0.337 e. The number of hydrogen-bond acceptors (Lipinski definition) is 11. The zero-order valence-corrected chi connectivity index (χ0v) is 26.6. The van der Waals surface area contributed by atoms with Crippen molar-refractivity contribution in [3.63, 3.8) is 0 Å². The molecule has 1 aromatic carbocycles. The van der Waals surface area contributed by atoms with Gasteiger partial charge in [0.2, 0.25) is 0 Å². The number of nitrogens with two attached hydrogens (primary N) is 1. The summed E-state index contributed by atoms with van der Waals surface area (Å²) in [5.74, 6) is -3.92. The van der Waals surface area contributed by atoms with Gasteiger partial charge in [0, 0.05) is 38.0 Å². The molecule has 0 aliphatic carbocycles. The van der Waals surface area contributed by atoms with Gasteiger partial charge in [0.1, 0.15) is 11.6 Å². The van der Waals surface area contributed by atoms with Crippen LogP contribution in [-0.4, -0.2) is 79.2 Å². The Morgan fingerprint density at radius 3 is 2.52 bits per heavy atom. The van der Waals surface area contributed by atoms with Crippen LogP contribution in [0.5, 0.6) is 0 Å². The van der Waals surface area contributed by atoms with Crippen molar-refractivity contribution < 1.29 is 42.4 Å². The first-order chi connectivity index (χ1) is 19.7. The predicted octanol–water partition coefficient (Wildman–Crippen LogP) is 2.41. The van der Waals surface area contributed by atoms with E-state index in [1.54, 1.807) is 52.8 Å². The van der Waals surface area contributed by atoms with Crippen molar-refractivity contribution in [1.29, 1.82) is 0 Å². The fourth-order valence-electron chi connectivity index (χ4n) is 6.25. The smallest absolute Gasteiger partial charge is 0.337 e. The van der Waals surface area contributed by atoms with Gasteiger partial charge in [0.15, 0.2) is 5.78 Å². The first-order valence-corrected chi connectivity index (χ1v) is 16.4. The van der Waals surface area contributed by atoms with Crippen LogP contribution in [0.15, 0.2) is 18.2 Å². The molecule has 4 aliphatic heterocycles. The van der Waals surface area contributed by atoms with Gasteiger partial charge in [-0.3, -0.25) is 28.4 Å². The van der Waals surface area contributed by atoms with Crippen LogP contribution in [0.1, 0.15) is 66.4 Å². The molecular formula is C30H45N2O9P. The van der Waals surface area contributed by atoms with Crippen molar-refractivity contribution in [2.24, 2.45) is 17.6 Å². The fraction of sp³-hybridized carbons (Fsp3) is 0.700.